The van der Waals surface area contributed by atoms with E-state index in [4.69, 9.17) is 10.5 Å². The van der Waals surface area contributed by atoms with Crippen LogP contribution in [0.1, 0.15) is 40.0 Å². The van der Waals surface area contributed by atoms with E-state index in [1.165, 1.54) is 12.8 Å². The van der Waals surface area contributed by atoms with Crippen molar-refractivity contribution < 1.29 is 4.74 Å². The molecule has 16 heavy (non-hydrogen) atoms. The molecule has 3 heteroatoms. The van der Waals surface area contributed by atoms with Gasteiger partial charge < -0.3 is 15.4 Å². The molecule has 0 bridgehead atoms. The maximum atomic E-state index is 5.92. The highest BCUT2D eigenvalue weighted by Gasteiger charge is 2.32. The van der Waals surface area contributed by atoms with Gasteiger partial charge in [-0.15, -0.1) is 0 Å². The van der Waals surface area contributed by atoms with Gasteiger partial charge in [0.1, 0.15) is 0 Å². The van der Waals surface area contributed by atoms with E-state index < -0.39 is 0 Å². The molecule has 1 rings (SSSR count). The highest BCUT2D eigenvalue weighted by atomic mass is 16.5. The smallest absolute Gasteiger partial charge is 0.0702 e. The number of rotatable bonds is 6. The van der Waals surface area contributed by atoms with Crippen LogP contribution in [0.2, 0.25) is 0 Å². The summed E-state index contributed by atoms with van der Waals surface area (Å²) in [6, 6.07) is 0.572. The summed E-state index contributed by atoms with van der Waals surface area (Å²) in [7, 11) is 2.21. The average molecular weight is 228 g/mol. The second-order valence-electron chi connectivity index (χ2n) is 5.61. The molecule has 1 saturated heterocycles. The van der Waals surface area contributed by atoms with E-state index in [1.54, 1.807) is 0 Å². The minimum atomic E-state index is 0.256. The Hall–Kier alpha value is -0.120. The first-order valence-corrected chi connectivity index (χ1v) is 6.54. The van der Waals surface area contributed by atoms with Gasteiger partial charge in [-0.3, -0.25) is 0 Å². The van der Waals surface area contributed by atoms with Crippen LogP contribution in [0.4, 0.5) is 0 Å². The highest BCUT2D eigenvalue weighted by molar-refractivity contribution is 4.85. The minimum absolute atomic E-state index is 0.256. The van der Waals surface area contributed by atoms with E-state index in [0.29, 0.717) is 12.1 Å². The first-order valence-electron chi connectivity index (χ1n) is 6.54. The molecule has 0 radical (unpaired) electrons. The third-order valence-corrected chi connectivity index (χ3v) is 3.88. The monoisotopic (exact) mass is 228 g/mol. The predicted octanol–water partition coefficient (Wildman–Crippen LogP) is 1.86. The molecular weight excluding hydrogens is 200 g/mol. The average Bonchev–Trinajstić information content (AvgIpc) is 2.65. The fourth-order valence-corrected chi connectivity index (χ4v) is 2.87. The molecule has 0 amide bonds. The number of hydrogen-bond donors (Lipinski definition) is 1. The summed E-state index contributed by atoms with van der Waals surface area (Å²) in [6.45, 7) is 9.46. The Balaban J connectivity index is 2.50. The third-order valence-electron chi connectivity index (χ3n) is 3.88. The van der Waals surface area contributed by atoms with E-state index in [1.807, 2.05) is 0 Å². The molecule has 2 N–H and O–H groups in total. The van der Waals surface area contributed by atoms with Crippen LogP contribution in [-0.2, 0) is 4.74 Å². The molecule has 3 nitrogen and oxygen atoms in total. The summed E-state index contributed by atoms with van der Waals surface area (Å²) in [4.78, 5) is 2.44. The zero-order valence-corrected chi connectivity index (χ0v) is 11.3. The summed E-state index contributed by atoms with van der Waals surface area (Å²) in [5.74, 6) is 0. The van der Waals surface area contributed by atoms with Crippen molar-refractivity contribution in [1.29, 1.82) is 0 Å². The topological polar surface area (TPSA) is 38.5 Å². The fraction of sp³-hybridized carbons (Fsp3) is 1.00. The lowest BCUT2D eigenvalue weighted by molar-refractivity contribution is 0.0659. The van der Waals surface area contributed by atoms with Gasteiger partial charge in [0.25, 0.3) is 0 Å². The van der Waals surface area contributed by atoms with Crippen LogP contribution in [0, 0.1) is 5.41 Å². The van der Waals surface area contributed by atoms with Gasteiger partial charge in [0.15, 0.2) is 0 Å². The number of ether oxygens (including phenoxy) is 1. The maximum absolute atomic E-state index is 5.92. The minimum Gasteiger partial charge on any atom is -0.377 e. The zero-order valence-electron chi connectivity index (χ0n) is 11.3. The van der Waals surface area contributed by atoms with Gasteiger partial charge in [0.2, 0.25) is 0 Å². The van der Waals surface area contributed by atoms with Crippen LogP contribution in [0.3, 0.4) is 0 Å². The molecule has 1 aliphatic rings. The van der Waals surface area contributed by atoms with Gasteiger partial charge in [-0.05, 0) is 38.8 Å². The molecule has 0 aromatic carbocycles. The number of hydrogen-bond acceptors (Lipinski definition) is 3. The third kappa shape index (κ3) is 3.44. The second kappa shape index (κ2) is 5.99. The van der Waals surface area contributed by atoms with Gasteiger partial charge >= 0.3 is 0 Å². The van der Waals surface area contributed by atoms with E-state index >= 15 is 0 Å². The molecule has 0 aromatic rings. The van der Waals surface area contributed by atoms with Crippen LogP contribution in [0.15, 0.2) is 0 Å². The molecule has 0 saturated carbocycles. The van der Waals surface area contributed by atoms with Crippen LogP contribution in [-0.4, -0.2) is 43.8 Å². The number of nitrogens with zero attached hydrogens (tertiary/aromatic N) is 1. The summed E-state index contributed by atoms with van der Waals surface area (Å²) in [6.07, 6.45) is 3.94. The largest absolute Gasteiger partial charge is 0.377 e. The molecular formula is C13H28N2O. The lowest BCUT2D eigenvalue weighted by atomic mass is 9.84. The molecule has 3 unspecified atom stereocenters. The lowest BCUT2D eigenvalue weighted by Gasteiger charge is -2.36. The van der Waals surface area contributed by atoms with Gasteiger partial charge in [0, 0.05) is 19.2 Å². The van der Waals surface area contributed by atoms with Gasteiger partial charge in [-0.25, -0.2) is 0 Å². The van der Waals surface area contributed by atoms with Crippen molar-refractivity contribution in [2.24, 2.45) is 11.1 Å². The summed E-state index contributed by atoms with van der Waals surface area (Å²) >= 11 is 0. The van der Waals surface area contributed by atoms with Crippen LogP contribution < -0.4 is 5.73 Å². The fourth-order valence-electron chi connectivity index (χ4n) is 2.87. The number of nitrogens with two attached hydrogens (primary N) is 1. The van der Waals surface area contributed by atoms with Gasteiger partial charge in [0.05, 0.1) is 6.10 Å². The molecule has 0 aliphatic carbocycles. The summed E-state index contributed by atoms with van der Waals surface area (Å²) in [5.41, 5.74) is 6.17. The second-order valence-corrected chi connectivity index (χ2v) is 5.61. The van der Waals surface area contributed by atoms with Crippen LogP contribution >= 0.6 is 0 Å². The Kier molecular flexibility index (Phi) is 5.22. The quantitative estimate of drug-likeness (QED) is 0.754. The Bertz CT molecular complexity index is 210. The summed E-state index contributed by atoms with van der Waals surface area (Å²) < 4.78 is 5.62. The standard InChI is InChI=1S/C13H28N2O/c1-5-7-13(3,9-14)10-15(4)12-6-8-16-11(12)2/h11-12H,5-10,14H2,1-4H3. The van der Waals surface area contributed by atoms with Crippen molar-refractivity contribution in [3.05, 3.63) is 0 Å². The molecule has 1 aliphatic heterocycles. The molecule has 96 valence electrons. The van der Waals surface area contributed by atoms with Crippen molar-refractivity contribution >= 4 is 0 Å². The molecule has 3 atom stereocenters. The maximum Gasteiger partial charge on any atom is 0.0702 e. The Morgan fingerprint density at radius 1 is 1.50 bits per heavy atom. The summed E-state index contributed by atoms with van der Waals surface area (Å²) in [5, 5.41) is 0. The van der Waals surface area contributed by atoms with Crippen molar-refractivity contribution in [3.63, 3.8) is 0 Å². The number of likely N-dealkylation sites (N-methyl/N-ethyl adjacent to an activating group) is 1. The molecule has 1 fully saturated rings. The lowest BCUT2D eigenvalue weighted by Crippen LogP contribution is -2.45. The first-order chi connectivity index (χ1) is 7.52. The van der Waals surface area contributed by atoms with E-state index in [0.717, 1.165) is 26.1 Å². The van der Waals surface area contributed by atoms with Crippen molar-refractivity contribution in [2.45, 2.75) is 52.2 Å². The SMILES string of the molecule is CCCC(C)(CN)CN(C)C1CCOC1C. The van der Waals surface area contributed by atoms with Crippen LogP contribution in [0.5, 0.6) is 0 Å². The first kappa shape index (κ1) is 13.9. The molecule has 0 spiro atoms. The van der Waals surface area contributed by atoms with Gasteiger partial charge in [-0.1, -0.05) is 20.3 Å². The van der Waals surface area contributed by atoms with Crippen LogP contribution in [0.25, 0.3) is 0 Å². The van der Waals surface area contributed by atoms with Gasteiger partial charge in [-0.2, -0.15) is 0 Å². The normalized spacial score (nSPS) is 29.6. The van der Waals surface area contributed by atoms with Crippen molar-refractivity contribution in [2.75, 3.05) is 26.7 Å². The van der Waals surface area contributed by atoms with E-state index in [-0.39, 0.29) is 5.41 Å². The predicted molar refractivity (Wildman–Crippen MR) is 68.5 cm³/mol. The zero-order chi connectivity index (χ0) is 12.2. The molecule has 1 heterocycles. The molecule has 0 aromatic heterocycles. The Morgan fingerprint density at radius 3 is 2.62 bits per heavy atom. The Morgan fingerprint density at radius 2 is 2.19 bits per heavy atom. The Labute approximate surface area is 100 Å². The highest BCUT2D eigenvalue weighted by Crippen LogP contribution is 2.26. The van der Waals surface area contributed by atoms with E-state index in [9.17, 15) is 0 Å². The van der Waals surface area contributed by atoms with Crippen molar-refractivity contribution in [1.82, 2.24) is 4.90 Å². The van der Waals surface area contributed by atoms with E-state index in [2.05, 4.69) is 32.7 Å². The van der Waals surface area contributed by atoms with Crippen molar-refractivity contribution in [3.8, 4) is 0 Å².